The van der Waals surface area contributed by atoms with Crippen molar-refractivity contribution in [2.24, 2.45) is 5.73 Å². The molecule has 9 heteroatoms. The molecule has 0 rings (SSSR count). The minimum Gasteiger partial charge on any atom is -0.388 e. The number of amidine groups is 1. The smallest absolute Gasteiger partial charge is 0.388 e. The van der Waals surface area contributed by atoms with Crippen molar-refractivity contribution < 1.29 is 31.1 Å². The zero-order valence-electron chi connectivity index (χ0n) is 8.66. The maximum Gasteiger partial charge on any atom is 0.423 e. The maximum absolute atomic E-state index is 12.0. The van der Waals surface area contributed by atoms with Gasteiger partial charge in [0.15, 0.2) is 0 Å². The van der Waals surface area contributed by atoms with E-state index in [1.54, 1.807) is 0 Å². The van der Waals surface area contributed by atoms with Crippen LogP contribution in [-0.4, -0.2) is 30.9 Å². The van der Waals surface area contributed by atoms with Gasteiger partial charge in [0, 0.05) is 13.0 Å². The molecular weight excluding hydrogens is 254 g/mol. The summed E-state index contributed by atoms with van der Waals surface area (Å²) in [7, 11) is 0. The maximum atomic E-state index is 12.0. The Morgan fingerprint density at radius 3 is 1.88 bits per heavy atom. The first-order valence-corrected chi connectivity index (χ1v) is 4.63. The summed E-state index contributed by atoms with van der Waals surface area (Å²) < 4.78 is 75.5. The number of alkyl halides is 6. The second-order valence-corrected chi connectivity index (χ2v) is 3.32. The molecule has 3 nitrogen and oxygen atoms in total. The predicted octanol–water partition coefficient (Wildman–Crippen LogP) is 2.60. The summed E-state index contributed by atoms with van der Waals surface area (Å²) in [5, 5.41) is 6.79. The van der Waals surface area contributed by atoms with Gasteiger partial charge in [-0.15, -0.1) is 0 Å². The summed E-state index contributed by atoms with van der Waals surface area (Å²) in [6.07, 6.45) is -14.4. The molecule has 0 heterocycles. The number of rotatable bonds is 6. The van der Waals surface area contributed by atoms with Crippen molar-refractivity contribution in [2.75, 3.05) is 6.61 Å². The Labute approximate surface area is 93.4 Å². The first-order chi connectivity index (χ1) is 7.55. The van der Waals surface area contributed by atoms with Gasteiger partial charge in [0.2, 0.25) is 6.10 Å². The van der Waals surface area contributed by atoms with E-state index < -0.39 is 25.1 Å². The van der Waals surface area contributed by atoms with E-state index >= 15 is 0 Å². The molecule has 0 aliphatic rings. The molecule has 0 saturated carbocycles. The second kappa shape index (κ2) is 6.08. The molecule has 0 spiro atoms. The number of ether oxygens (including phenoxy) is 1. The van der Waals surface area contributed by atoms with Gasteiger partial charge in [0.05, 0.1) is 5.84 Å². The van der Waals surface area contributed by atoms with Gasteiger partial charge < -0.3 is 10.5 Å². The highest BCUT2D eigenvalue weighted by atomic mass is 19.4. The highest BCUT2D eigenvalue weighted by Crippen LogP contribution is 2.35. The SMILES string of the molecule is N=C(N)CCCCOC(C(F)(F)F)C(F)(F)F. The van der Waals surface area contributed by atoms with E-state index in [2.05, 4.69) is 4.74 Å². The largest absolute Gasteiger partial charge is 0.423 e. The van der Waals surface area contributed by atoms with Crippen molar-refractivity contribution in [3.8, 4) is 0 Å². The summed E-state index contributed by atoms with van der Waals surface area (Å²) in [4.78, 5) is 0. The summed E-state index contributed by atoms with van der Waals surface area (Å²) in [5.41, 5.74) is 4.96. The Balaban J connectivity index is 4.08. The molecule has 0 radical (unpaired) electrons. The van der Waals surface area contributed by atoms with E-state index in [1.807, 2.05) is 0 Å². The van der Waals surface area contributed by atoms with Crippen LogP contribution in [0.1, 0.15) is 19.3 Å². The van der Waals surface area contributed by atoms with Crippen molar-refractivity contribution in [3.05, 3.63) is 0 Å². The Kier molecular flexibility index (Phi) is 5.73. The molecule has 102 valence electrons. The molecular formula is C8H12F6N2O. The van der Waals surface area contributed by atoms with Crippen molar-refractivity contribution >= 4 is 5.84 Å². The van der Waals surface area contributed by atoms with Gasteiger partial charge >= 0.3 is 12.4 Å². The Morgan fingerprint density at radius 2 is 1.53 bits per heavy atom. The molecule has 0 fully saturated rings. The molecule has 0 saturated heterocycles. The fourth-order valence-electron chi connectivity index (χ4n) is 0.993. The van der Waals surface area contributed by atoms with E-state index in [9.17, 15) is 26.3 Å². The fourth-order valence-corrected chi connectivity index (χ4v) is 0.993. The number of hydrogen-bond acceptors (Lipinski definition) is 2. The van der Waals surface area contributed by atoms with Gasteiger partial charge in [-0.3, -0.25) is 5.41 Å². The Morgan fingerprint density at radius 1 is 1.06 bits per heavy atom. The lowest BCUT2D eigenvalue weighted by atomic mass is 10.2. The number of nitrogens with one attached hydrogen (secondary N) is 1. The third-order valence-corrected chi connectivity index (χ3v) is 1.72. The van der Waals surface area contributed by atoms with E-state index in [-0.39, 0.29) is 25.1 Å². The molecule has 0 aromatic heterocycles. The Bertz CT molecular complexity index is 235. The lowest BCUT2D eigenvalue weighted by Crippen LogP contribution is -2.44. The predicted molar refractivity (Wildman–Crippen MR) is 47.6 cm³/mol. The van der Waals surface area contributed by atoms with Gasteiger partial charge in [-0.25, -0.2) is 0 Å². The van der Waals surface area contributed by atoms with E-state index in [1.165, 1.54) is 0 Å². The van der Waals surface area contributed by atoms with Gasteiger partial charge in [0.25, 0.3) is 0 Å². The lowest BCUT2D eigenvalue weighted by Gasteiger charge is -2.22. The van der Waals surface area contributed by atoms with Crippen LogP contribution >= 0.6 is 0 Å². The van der Waals surface area contributed by atoms with Crippen LogP contribution in [0.4, 0.5) is 26.3 Å². The van der Waals surface area contributed by atoms with Gasteiger partial charge in [-0.05, 0) is 12.8 Å². The number of nitrogens with two attached hydrogens (primary N) is 1. The molecule has 0 aromatic rings. The van der Waals surface area contributed by atoms with Crippen LogP contribution < -0.4 is 5.73 Å². The quantitative estimate of drug-likeness (QED) is 0.336. The molecule has 0 aromatic carbocycles. The standard InChI is InChI=1S/C8H12F6N2O/c9-7(10,11)6(8(12,13)14)17-4-2-1-3-5(15)16/h6H,1-4H2,(H3,15,16). The average molecular weight is 266 g/mol. The van der Waals surface area contributed by atoms with Crippen LogP contribution in [0.5, 0.6) is 0 Å². The third kappa shape index (κ3) is 7.03. The van der Waals surface area contributed by atoms with Crippen LogP contribution in [-0.2, 0) is 4.74 Å². The van der Waals surface area contributed by atoms with Gasteiger partial charge in [-0.2, -0.15) is 26.3 Å². The molecule has 0 bridgehead atoms. The van der Waals surface area contributed by atoms with Crippen molar-refractivity contribution in [2.45, 2.75) is 37.7 Å². The summed E-state index contributed by atoms with van der Waals surface area (Å²) in [5.74, 6) is -0.173. The number of unbranched alkanes of at least 4 members (excludes halogenated alkanes) is 1. The van der Waals surface area contributed by atoms with E-state index in [0.29, 0.717) is 0 Å². The minimum absolute atomic E-state index is 0.0256. The van der Waals surface area contributed by atoms with Crippen LogP contribution in [0.25, 0.3) is 0 Å². The molecule has 0 unspecified atom stereocenters. The average Bonchev–Trinajstić information content (AvgIpc) is 2.05. The lowest BCUT2D eigenvalue weighted by molar-refractivity contribution is -0.321. The minimum atomic E-state index is -5.47. The first kappa shape index (κ1) is 16.0. The van der Waals surface area contributed by atoms with Gasteiger partial charge in [0.1, 0.15) is 0 Å². The molecule has 0 amide bonds. The van der Waals surface area contributed by atoms with Crippen LogP contribution in [0.15, 0.2) is 0 Å². The van der Waals surface area contributed by atoms with Crippen molar-refractivity contribution in [1.29, 1.82) is 5.41 Å². The fraction of sp³-hybridized carbons (Fsp3) is 0.875. The van der Waals surface area contributed by atoms with Crippen molar-refractivity contribution in [3.63, 3.8) is 0 Å². The van der Waals surface area contributed by atoms with E-state index in [0.717, 1.165) is 0 Å². The monoisotopic (exact) mass is 266 g/mol. The number of hydrogen-bond donors (Lipinski definition) is 2. The van der Waals surface area contributed by atoms with Crippen LogP contribution in [0.2, 0.25) is 0 Å². The van der Waals surface area contributed by atoms with Crippen LogP contribution in [0.3, 0.4) is 0 Å². The molecule has 3 N–H and O–H groups in total. The van der Waals surface area contributed by atoms with E-state index in [4.69, 9.17) is 11.1 Å². The third-order valence-electron chi connectivity index (χ3n) is 1.72. The first-order valence-electron chi connectivity index (χ1n) is 4.63. The zero-order chi connectivity index (χ0) is 13.7. The highest BCUT2D eigenvalue weighted by Gasteiger charge is 2.57. The van der Waals surface area contributed by atoms with Gasteiger partial charge in [-0.1, -0.05) is 0 Å². The van der Waals surface area contributed by atoms with Crippen LogP contribution in [0, 0.1) is 5.41 Å². The second-order valence-electron chi connectivity index (χ2n) is 3.32. The number of halogens is 6. The summed E-state index contributed by atoms with van der Waals surface area (Å²) in [6.45, 7) is -0.684. The molecule has 0 aliphatic carbocycles. The highest BCUT2D eigenvalue weighted by molar-refractivity contribution is 5.76. The van der Waals surface area contributed by atoms with Crippen molar-refractivity contribution in [1.82, 2.24) is 0 Å². The Hall–Kier alpha value is -0.990. The summed E-state index contributed by atoms with van der Waals surface area (Å²) in [6, 6.07) is 0. The zero-order valence-corrected chi connectivity index (χ0v) is 8.66. The molecule has 0 aliphatic heterocycles. The normalized spacial score (nSPS) is 13.1. The molecule has 17 heavy (non-hydrogen) atoms. The molecule has 0 atom stereocenters. The topological polar surface area (TPSA) is 59.1 Å². The summed E-state index contributed by atoms with van der Waals surface area (Å²) >= 11 is 0.